The standard InChI is InChI=1S/C20H22N8O2S/c1-21-15-8-23-17-14(4-5-22-17)16(15)27(2)13-6-11-9-28(10-12(11)7-13)20(29)25-19-24-18(30-3)26-31-19/h4-5,8,11-13H,6-7,9-10H2,2-3H3,(H,22,23)(H,24,25,26,29)/t11-,12+,13?. The highest BCUT2D eigenvalue weighted by molar-refractivity contribution is 7.10. The number of likely N-dealkylation sites (tertiary alicyclic amines) is 1. The molecule has 1 unspecified atom stereocenters. The van der Waals surface area contributed by atoms with E-state index in [1.165, 1.54) is 7.11 Å². The van der Waals surface area contributed by atoms with E-state index in [0.717, 1.165) is 54.2 Å². The fourth-order valence-corrected chi connectivity index (χ4v) is 5.41. The molecule has 1 saturated heterocycles. The number of nitrogens with one attached hydrogen (secondary N) is 2. The second-order valence-electron chi connectivity index (χ2n) is 8.02. The van der Waals surface area contributed by atoms with Crippen LogP contribution in [0.4, 0.5) is 21.3 Å². The SMILES string of the molecule is [C-]#[N+]c1cnc2[nH]ccc2c1N(C)C1C[C@@H]2CN(C(=O)Nc3nc(OC)ns3)C[C@@H]2C1. The van der Waals surface area contributed by atoms with Crippen molar-refractivity contribution in [2.75, 3.05) is 37.5 Å². The van der Waals surface area contributed by atoms with Crippen molar-refractivity contribution in [1.29, 1.82) is 0 Å². The second kappa shape index (κ2) is 7.70. The van der Waals surface area contributed by atoms with E-state index in [0.29, 0.717) is 28.7 Å². The number of aromatic amines is 1. The van der Waals surface area contributed by atoms with Gasteiger partial charge < -0.3 is 19.5 Å². The number of aromatic nitrogens is 4. The number of rotatable bonds is 4. The summed E-state index contributed by atoms with van der Waals surface area (Å²) in [5, 5.41) is 4.23. The van der Waals surface area contributed by atoms with Crippen molar-refractivity contribution in [2.24, 2.45) is 11.8 Å². The third kappa shape index (κ3) is 3.42. The molecular weight excluding hydrogens is 416 g/mol. The summed E-state index contributed by atoms with van der Waals surface area (Å²) >= 11 is 1.11. The van der Waals surface area contributed by atoms with E-state index in [1.807, 2.05) is 17.2 Å². The van der Waals surface area contributed by atoms with E-state index in [2.05, 4.69) is 41.4 Å². The van der Waals surface area contributed by atoms with Gasteiger partial charge in [0.25, 0.3) is 0 Å². The van der Waals surface area contributed by atoms with Gasteiger partial charge in [0.1, 0.15) is 5.65 Å². The lowest BCUT2D eigenvalue weighted by atomic mass is 10.0. The van der Waals surface area contributed by atoms with Gasteiger partial charge in [-0.15, -0.1) is 4.37 Å². The van der Waals surface area contributed by atoms with Crippen molar-refractivity contribution in [1.82, 2.24) is 24.2 Å². The number of carbonyl (C=O) groups is 1. The zero-order chi connectivity index (χ0) is 21.5. The number of pyridine rings is 1. The van der Waals surface area contributed by atoms with Crippen LogP contribution in [-0.4, -0.2) is 63.5 Å². The number of anilines is 2. The van der Waals surface area contributed by atoms with Crippen LogP contribution in [0.1, 0.15) is 12.8 Å². The number of carbonyl (C=O) groups excluding carboxylic acids is 1. The van der Waals surface area contributed by atoms with E-state index in [9.17, 15) is 4.79 Å². The van der Waals surface area contributed by atoms with Gasteiger partial charge in [-0.05, 0) is 30.7 Å². The molecule has 1 saturated carbocycles. The minimum atomic E-state index is -0.142. The summed E-state index contributed by atoms with van der Waals surface area (Å²) in [5.41, 5.74) is 2.30. The topological polar surface area (TPSA) is 104 Å². The highest BCUT2D eigenvalue weighted by Gasteiger charge is 2.44. The highest BCUT2D eigenvalue weighted by atomic mass is 32.1. The summed E-state index contributed by atoms with van der Waals surface area (Å²) in [7, 11) is 3.56. The van der Waals surface area contributed by atoms with Crippen molar-refractivity contribution < 1.29 is 9.53 Å². The van der Waals surface area contributed by atoms with Gasteiger partial charge in [0.05, 0.1) is 19.4 Å². The molecule has 10 nitrogen and oxygen atoms in total. The molecule has 4 heterocycles. The van der Waals surface area contributed by atoms with Gasteiger partial charge in [0.15, 0.2) is 0 Å². The Bertz CT molecular complexity index is 1150. The Labute approximate surface area is 183 Å². The smallest absolute Gasteiger partial charge is 0.329 e. The van der Waals surface area contributed by atoms with Gasteiger partial charge in [-0.3, -0.25) is 10.3 Å². The zero-order valence-corrected chi connectivity index (χ0v) is 18.0. The van der Waals surface area contributed by atoms with Gasteiger partial charge in [0, 0.05) is 55.5 Å². The maximum Gasteiger partial charge on any atom is 0.329 e. The molecule has 2 N–H and O–H groups in total. The van der Waals surface area contributed by atoms with Crippen LogP contribution < -0.4 is 15.0 Å². The van der Waals surface area contributed by atoms with Crippen LogP contribution in [0.15, 0.2) is 18.5 Å². The molecule has 0 spiro atoms. The molecule has 0 aromatic carbocycles. The van der Waals surface area contributed by atoms with Gasteiger partial charge >= 0.3 is 12.0 Å². The maximum atomic E-state index is 12.6. The maximum absolute atomic E-state index is 12.6. The van der Waals surface area contributed by atoms with Crippen molar-refractivity contribution in [3.05, 3.63) is 29.9 Å². The van der Waals surface area contributed by atoms with Crippen LogP contribution in [-0.2, 0) is 0 Å². The van der Waals surface area contributed by atoms with Gasteiger partial charge in [-0.2, -0.15) is 4.98 Å². The molecule has 2 amide bonds. The molecular formula is C20H22N8O2S. The quantitative estimate of drug-likeness (QED) is 0.606. The number of methoxy groups -OCH3 is 1. The Morgan fingerprint density at radius 3 is 2.87 bits per heavy atom. The highest BCUT2D eigenvalue weighted by Crippen LogP contribution is 2.44. The molecule has 2 fully saturated rings. The fourth-order valence-electron chi connectivity index (χ4n) is 4.88. The molecule has 1 aliphatic carbocycles. The van der Waals surface area contributed by atoms with E-state index < -0.39 is 0 Å². The van der Waals surface area contributed by atoms with Crippen LogP contribution in [0.3, 0.4) is 0 Å². The average Bonchev–Trinajstić information content (AvgIpc) is 3.54. The zero-order valence-electron chi connectivity index (χ0n) is 17.2. The summed E-state index contributed by atoms with van der Waals surface area (Å²) < 4.78 is 8.97. The average molecular weight is 439 g/mol. The van der Waals surface area contributed by atoms with Crippen LogP contribution in [0.5, 0.6) is 6.01 Å². The molecule has 5 rings (SSSR count). The van der Waals surface area contributed by atoms with E-state index in [4.69, 9.17) is 11.3 Å². The number of fused-ring (bicyclic) bond motifs is 2. The molecule has 3 aromatic rings. The van der Waals surface area contributed by atoms with E-state index in [1.54, 1.807) is 6.20 Å². The van der Waals surface area contributed by atoms with E-state index >= 15 is 0 Å². The van der Waals surface area contributed by atoms with Crippen LogP contribution in [0.25, 0.3) is 15.9 Å². The molecule has 2 aliphatic rings. The first-order chi connectivity index (χ1) is 15.1. The predicted molar refractivity (Wildman–Crippen MR) is 118 cm³/mol. The summed E-state index contributed by atoms with van der Waals surface area (Å²) in [4.78, 5) is 32.0. The van der Waals surface area contributed by atoms with Crippen molar-refractivity contribution in [2.45, 2.75) is 18.9 Å². The molecule has 1 aliphatic heterocycles. The molecule has 160 valence electrons. The summed E-state index contributed by atoms with van der Waals surface area (Å²) in [5.74, 6) is 0.893. The molecule has 0 bridgehead atoms. The number of hydrogen-bond acceptors (Lipinski definition) is 7. The second-order valence-corrected chi connectivity index (χ2v) is 8.77. The lowest BCUT2D eigenvalue weighted by molar-refractivity contribution is 0.218. The Morgan fingerprint density at radius 2 is 2.19 bits per heavy atom. The van der Waals surface area contributed by atoms with Crippen LogP contribution in [0, 0.1) is 18.4 Å². The van der Waals surface area contributed by atoms with Gasteiger partial charge in [0.2, 0.25) is 10.8 Å². The van der Waals surface area contributed by atoms with Crippen molar-refractivity contribution in [3.63, 3.8) is 0 Å². The Kier molecular flexibility index (Phi) is 4.86. The van der Waals surface area contributed by atoms with Crippen molar-refractivity contribution in [3.8, 4) is 6.01 Å². The molecule has 11 heteroatoms. The Hall–Kier alpha value is -3.39. The third-order valence-electron chi connectivity index (χ3n) is 6.38. The summed E-state index contributed by atoms with van der Waals surface area (Å²) in [6.07, 6.45) is 5.48. The van der Waals surface area contributed by atoms with Crippen LogP contribution >= 0.6 is 11.5 Å². The van der Waals surface area contributed by atoms with Crippen LogP contribution in [0.2, 0.25) is 0 Å². The third-order valence-corrected chi connectivity index (χ3v) is 6.99. The number of amides is 2. The number of H-pyrrole nitrogens is 1. The number of nitrogens with zero attached hydrogens (tertiary/aromatic N) is 6. The Morgan fingerprint density at radius 1 is 1.42 bits per heavy atom. The first kappa shape index (κ1) is 19.6. The van der Waals surface area contributed by atoms with Crippen molar-refractivity contribution >= 4 is 45.1 Å². The molecule has 0 radical (unpaired) electrons. The minimum Gasteiger partial charge on any atom is -0.466 e. The molecule has 3 aromatic heterocycles. The largest absolute Gasteiger partial charge is 0.466 e. The first-order valence-corrected chi connectivity index (χ1v) is 10.8. The normalized spacial score (nSPS) is 22.4. The number of hydrogen-bond donors (Lipinski definition) is 2. The minimum absolute atomic E-state index is 0.142. The number of urea groups is 1. The summed E-state index contributed by atoms with van der Waals surface area (Å²) in [6.45, 7) is 9.01. The Balaban J connectivity index is 1.26. The van der Waals surface area contributed by atoms with E-state index in [-0.39, 0.29) is 12.0 Å². The first-order valence-electron chi connectivity index (χ1n) is 10.1. The number of ether oxygens (including phenoxy) is 1. The monoisotopic (exact) mass is 438 g/mol. The predicted octanol–water partition coefficient (Wildman–Crippen LogP) is 3.35. The summed E-state index contributed by atoms with van der Waals surface area (Å²) in [6, 6.07) is 2.42. The lowest BCUT2D eigenvalue weighted by Gasteiger charge is -2.30. The fraction of sp³-hybridized carbons (Fsp3) is 0.450. The lowest BCUT2D eigenvalue weighted by Crippen LogP contribution is -2.36. The molecule has 3 atom stereocenters. The molecule has 31 heavy (non-hydrogen) atoms. The van der Waals surface area contributed by atoms with Gasteiger partial charge in [-0.1, -0.05) is 0 Å². The van der Waals surface area contributed by atoms with Gasteiger partial charge in [-0.25, -0.2) is 9.64 Å².